The van der Waals surface area contributed by atoms with E-state index in [4.69, 9.17) is 0 Å². The number of aromatic amines is 1. The lowest BCUT2D eigenvalue weighted by Gasteiger charge is -2.33. The van der Waals surface area contributed by atoms with E-state index in [9.17, 15) is 14.4 Å². The molecule has 2 aliphatic rings. The third-order valence-corrected chi connectivity index (χ3v) is 5.25. The number of fused-ring (bicyclic) bond motifs is 1. The van der Waals surface area contributed by atoms with Gasteiger partial charge in [-0.05, 0) is 50.3 Å². The van der Waals surface area contributed by atoms with E-state index in [1.807, 2.05) is 20.9 Å². The zero-order valence-corrected chi connectivity index (χ0v) is 15.3. The van der Waals surface area contributed by atoms with E-state index in [0.29, 0.717) is 43.1 Å². The molecule has 6 heteroatoms. The Bertz CT molecular complexity index is 749. The number of hydrogen-bond donors (Lipinski definition) is 2. The molecule has 1 aliphatic carbocycles. The van der Waals surface area contributed by atoms with Crippen LogP contribution in [0.1, 0.15) is 59.5 Å². The first-order valence-corrected chi connectivity index (χ1v) is 9.04. The molecule has 0 bridgehead atoms. The van der Waals surface area contributed by atoms with Crippen molar-refractivity contribution in [2.45, 2.75) is 39.5 Å². The molecule has 1 unspecified atom stereocenters. The van der Waals surface area contributed by atoms with Gasteiger partial charge in [0.1, 0.15) is 5.56 Å². The molecule has 1 fully saturated rings. The number of nitrogens with zero attached hydrogens (tertiary/aromatic N) is 1. The van der Waals surface area contributed by atoms with Crippen LogP contribution in [-0.4, -0.2) is 48.3 Å². The van der Waals surface area contributed by atoms with Crippen LogP contribution >= 0.6 is 0 Å². The van der Waals surface area contributed by atoms with Crippen LogP contribution in [0.2, 0.25) is 0 Å². The van der Waals surface area contributed by atoms with Gasteiger partial charge in [-0.1, -0.05) is 13.8 Å². The minimum Gasteiger partial charge on any atom is -0.338 e. The molecule has 0 radical (unpaired) electrons. The summed E-state index contributed by atoms with van der Waals surface area (Å²) in [4.78, 5) is 42.3. The number of H-pyrrole nitrogens is 1. The molecular weight excluding hydrogens is 318 g/mol. The minimum atomic E-state index is -0.384. The first-order chi connectivity index (χ1) is 11.8. The molecule has 2 heterocycles. The van der Waals surface area contributed by atoms with Gasteiger partial charge >= 0.3 is 0 Å². The third-order valence-electron chi connectivity index (χ3n) is 5.25. The summed E-state index contributed by atoms with van der Waals surface area (Å²) in [5.41, 5.74) is 0.716. The number of pyridine rings is 1. The van der Waals surface area contributed by atoms with Crippen molar-refractivity contribution in [3.63, 3.8) is 0 Å². The highest BCUT2D eigenvalue weighted by molar-refractivity contribution is 6.02. The molecule has 1 aromatic rings. The minimum absolute atomic E-state index is 0.00301. The molecule has 136 valence electrons. The van der Waals surface area contributed by atoms with Crippen LogP contribution in [-0.2, 0) is 6.42 Å². The summed E-state index contributed by atoms with van der Waals surface area (Å²) in [7, 11) is 1.90. The molecule has 1 atom stereocenters. The van der Waals surface area contributed by atoms with E-state index < -0.39 is 0 Å². The summed E-state index contributed by atoms with van der Waals surface area (Å²) in [6, 6.07) is 1.52. The maximum atomic E-state index is 12.9. The number of ketones is 1. The van der Waals surface area contributed by atoms with E-state index in [1.54, 1.807) is 4.90 Å². The lowest BCUT2D eigenvalue weighted by atomic mass is 9.75. The van der Waals surface area contributed by atoms with Crippen LogP contribution < -0.4 is 10.9 Å². The van der Waals surface area contributed by atoms with E-state index in [1.165, 1.54) is 6.07 Å². The van der Waals surface area contributed by atoms with Crippen LogP contribution in [0.4, 0.5) is 0 Å². The second-order valence-corrected chi connectivity index (χ2v) is 8.16. The van der Waals surface area contributed by atoms with Crippen molar-refractivity contribution in [2.24, 2.45) is 11.3 Å². The van der Waals surface area contributed by atoms with Gasteiger partial charge in [0.25, 0.3) is 11.5 Å². The van der Waals surface area contributed by atoms with Gasteiger partial charge in [0.2, 0.25) is 0 Å². The van der Waals surface area contributed by atoms with Gasteiger partial charge in [-0.15, -0.1) is 0 Å². The fraction of sp³-hybridized carbons (Fsp3) is 0.632. The molecule has 0 saturated carbocycles. The van der Waals surface area contributed by atoms with Crippen molar-refractivity contribution in [3.05, 3.63) is 33.2 Å². The van der Waals surface area contributed by atoms with Crippen LogP contribution in [0.3, 0.4) is 0 Å². The summed E-state index contributed by atoms with van der Waals surface area (Å²) < 4.78 is 0. The van der Waals surface area contributed by atoms with Gasteiger partial charge in [0, 0.05) is 30.8 Å². The highest BCUT2D eigenvalue weighted by Crippen LogP contribution is 2.33. The number of hydrogen-bond acceptors (Lipinski definition) is 4. The second-order valence-electron chi connectivity index (χ2n) is 8.16. The van der Waals surface area contributed by atoms with Crippen LogP contribution in [0.15, 0.2) is 10.9 Å². The molecule has 3 rings (SSSR count). The summed E-state index contributed by atoms with van der Waals surface area (Å²) >= 11 is 0. The van der Waals surface area contributed by atoms with Crippen molar-refractivity contribution < 1.29 is 9.59 Å². The number of amides is 1. The number of rotatable bonds is 3. The number of nitrogens with one attached hydrogen (secondary N) is 2. The maximum absolute atomic E-state index is 12.9. The Hall–Kier alpha value is -1.95. The summed E-state index contributed by atoms with van der Waals surface area (Å²) in [5, 5.41) is 3.15. The normalized spacial score (nSPS) is 22.6. The van der Waals surface area contributed by atoms with Crippen molar-refractivity contribution >= 4 is 11.7 Å². The number of piperidine rings is 1. The smallest absolute Gasteiger partial charge is 0.261 e. The van der Waals surface area contributed by atoms with E-state index in [-0.39, 0.29) is 28.2 Å². The molecule has 1 aliphatic heterocycles. The van der Waals surface area contributed by atoms with Gasteiger partial charge in [0.05, 0.1) is 0 Å². The molecule has 6 nitrogen and oxygen atoms in total. The number of carbonyl (C=O) groups excluding carboxylic acids is 2. The highest BCUT2D eigenvalue weighted by Gasteiger charge is 2.33. The van der Waals surface area contributed by atoms with Crippen molar-refractivity contribution in [3.8, 4) is 0 Å². The molecule has 0 spiro atoms. The lowest BCUT2D eigenvalue weighted by Crippen LogP contribution is -2.44. The Morgan fingerprint density at radius 3 is 2.84 bits per heavy atom. The Morgan fingerprint density at radius 1 is 1.36 bits per heavy atom. The summed E-state index contributed by atoms with van der Waals surface area (Å²) in [6.07, 6.45) is 3.10. The molecule has 25 heavy (non-hydrogen) atoms. The molecular formula is C19H27N3O3. The van der Waals surface area contributed by atoms with E-state index in [2.05, 4.69) is 10.3 Å². The molecule has 0 aromatic carbocycles. The van der Waals surface area contributed by atoms with Crippen LogP contribution in [0.25, 0.3) is 0 Å². The van der Waals surface area contributed by atoms with Crippen molar-refractivity contribution in [1.82, 2.24) is 15.2 Å². The average Bonchev–Trinajstić information content (AvgIpc) is 2.53. The van der Waals surface area contributed by atoms with Gasteiger partial charge in [-0.2, -0.15) is 0 Å². The highest BCUT2D eigenvalue weighted by atomic mass is 16.2. The van der Waals surface area contributed by atoms with E-state index >= 15 is 0 Å². The average molecular weight is 345 g/mol. The number of aromatic nitrogens is 1. The largest absolute Gasteiger partial charge is 0.338 e. The quantitative estimate of drug-likeness (QED) is 0.872. The fourth-order valence-electron chi connectivity index (χ4n) is 4.06. The van der Waals surface area contributed by atoms with Gasteiger partial charge in [-0.3, -0.25) is 14.4 Å². The Labute approximate surface area is 148 Å². The predicted molar refractivity (Wildman–Crippen MR) is 96.0 cm³/mol. The first-order valence-electron chi connectivity index (χ1n) is 9.04. The van der Waals surface area contributed by atoms with Gasteiger partial charge in [-0.25, -0.2) is 0 Å². The zero-order valence-electron chi connectivity index (χ0n) is 15.3. The van der Waals surface area contributed by atoms with Crippen molar-refractivity contribution in [2.75, 3.05) is 26.7 Å². The van der Waals surface area contributed by atoms with E-state index in [0.717, 1.165) is 19.4 Å². The fourth-order valence-corrected chi connectivity index (χ4v) is 4.06. The monoisotopic (exact) mass is 345 g/mol. The molecule has 1 amide bonds. The predicted octanol–water partition coefficient (Wildman–Crippen LogP) is 1.60. The first kappa shape index (κ1) is 17.9. The third kappa shape index (κ3) is 3.68. The van der Waals surface area contributed by atoms with Crippen LogP contribution in [0.5, 0.6) is 0 Å². The molecule has 2 N–H and O–H groups in total. The van der Waals surface area contributed by atoms with Crippen molar-refractivity contribution in [1.29, 1.82) is 0 Å². The summed E-state index contributed by atoms with van der Waals surface area (Å²) in [5.74, 6) is 0.146. The molecule has 1 saturated heterocycles. The topological polar surface area (TPSA) is 82.3 Å². The maximum Gasteiger partial charge on any atom is 0.261 e. The zero-order chi connectivity index (χ0) is 18.2. The molecule has 1 aromatic heterocycles. The number of Topliss-reactive ketones (excluding diaryl/α,β-unsaturated/α-hetero) is 1. The summed E-state index contributed by atoms with van der Waals surface area (Å²) in [6.45, 7) is 6.20. The van der Waals surface area contributed by atoms with Crippen LogP contribution in [0, 0.1) is 11.3 Å². The number of carbonyl (C=O) groups is 2. The number of likely N-dealkylation sites (tertiary alicyclic amines) is 1. The Kier molecular flexibility index (Phi) is 4.82. The van der Waals surface area contributed by atoms with Gasteiger partial charge in [0.15, 0.2) is 5.78 Å². The Morgan fingerprint density at radius 2 is 2.12 bits per heavy atom. The standard InChI is InChI=1S/C19H27N3O3/c1-19(2)8-15-13(16(23)9-19)7-14(17(24)21-15)18(25)22-6-4-5-12(11-22)10-20-3/h7,12,20H,4-6,8-11H2,1-3H3,(H,21,24). The Balaban J connectivity index is 1.88. The van der Waals surface area contributed by atoms with Gasteiger partial charge < -0.3 is 15.2 Å². The second kappa shape index (κ2) is 6.75. The SMILES string of the molecule is CNCC1CCCN(C(=O)c2cc3c([nH]c2=O)CC(C)(C)CC3=O)C1. The lowest BCUT2D eigenvalue weighted by molar-refractivity contribution is 0.0672.